The van der Waals surface area contributed by atoms with Gasteiger partial charge in [0.15, 0.2) is 0 Å². The predicted octanol–water partition coefficient (Wildman–Crippen LogP) is 4.17. The van der Waals surface area contributed by atoms with E-state index in [1.54, 1.807) is 18.5 Å². The van der Waals surface area contributed by atoms with Gasteiger partial charge in [-0.05, 0) is 30.2 Å². The molecule has 1 saturated heterocycles. The van der Waals surface area contributed by atoms with Gasteiger partial charge in [0.2, 0.25) is 0 Å². The lowest BCUT2D eigenvalue weighted by Crippen LogP contribution is -2.50. The van der Waals surface area contributed by atoms with Crippen LogP contribution in [0, 0.1) is 6.92 Å². The molecule has 1 amide bonds. The van der Waals surface area contributed by atoms with Crippen molar-refractivity contribution in [2.45, 2.75) is 13.0 Å². The Balaban J connectivity index is 1.57. The van der Waals surface area contributed by atoms with Crippen molar-refractivity contribution in [1.82, 2.24) is 14.8 Å². The highest BCUT2D eigenvalue weighted by molar-refractivity contribution is 6.31. The second-order valence-corrected chi connectivity index (χ2v) is 8.08. The number of aromatic nitrogens is 1. The topological polar surface area (TPSA) is 62.5 Å². The fraction of sp³-hybridized carbons (Fsp3) is 0.250. The smallest absolute Gasteiger partial charge is 0.255 e. The van der Waals surface area contributed by atoms with Crippen molar-refractivity contribution in [3.8, 4) is 0 Å². The number of amides is 1. The molecule has 3 aromatic rings. The number of hydrogen-bond donors (Lipinski definition) is 1. The maximum absolute atomic E-state index is 12.9. The van der Waals surface area contributed by atoms with Crippen LogP contribution in [-0.4, -0.2) is 46.9 Å². The number of halogens is 1. The summed E-state index contributed by atoms with van der Waals surface area (Å²) < 4.78 is 0. The van der Waals surface area contributed by atoms with Crippen LogP contribution < -0.4 is 5.73 Å². The number of nitrogens with zero attached hydrogens (tertiary/aromatic N) is 3. The zero-order valence-corrected chi connectivity index (χ0v) is 17.7. The van der Waals surface area contributed by atoms with Crippen molar-refractivity contribution in [3.05, 3.63) is 94.3 Å². The van der Waals surface area contributed by atoms with E-state index in [-0.39, 0.29) is 11.9 Å². The molecule has 6 heteroatoms. The van der Waals surface area contributed by atoms with E-state index < -0.39 is 0 Å². The molecule has 1 atom stereocenters. The summed E-state index contributed by atoms with van der Waals surface area (Å²) in [5.74, 6) is -0.0284. The number of carbonyl (C=O) groups is 1. The van der Waals surface area contributed by atoms with E-state index in [1.165, 1.54) is 11.1 Å². The fourth-order valence-electron chi connectivity index (χ4n) is 4.04. The predicted molar refractivity (Wildman–Crippen MR) is 121 cm³/mol. The molecule has 0 spiro atoms. The third kappa shape index (κ3) is 4.32. The lowest BCUT2D eigenvalue weighted by Gasteiger charge is -2.40. The van der Waals surface area contributed by atoms with Gasteiger partial charge in [0, 0.05) is 43.6 Å². The Bertz CT molecular complexity index is 1030. The van der Waals surface area contributed by atoms with Crippen LogP contribution >= 0.6 is 11.6 Å². The zero-order chi connectivity index (χ0) is 21.1. The molecule has 2 heterocycles. The van der Waals surface area contributed by atoms with Crippen molar-refractivity contribution < 1.29 is 4.79 Å². The number of carbonyl (C=O) groups excluding carboxylic acids is 1. The summed E-state index contributed by atoms with van der Waals surface area (Å²) in [6.07, 6.45) is 3.12. The van der Waals surface area contributed by atoms with Gasteiger partial charge < -0.3 is 10.6 Å². The normalized spacial score (nSPS) is 15.7. The molecule has 1 aliphatic heterocycles. The summed E-state index contributed by atoms with van der Waals surface area (Å²) in [6.45, 7) is 4.87. The number of nitrogens with two attached hydrogens (primary N) is 1. The number of nitrogen functional groups attached to an aromatic ring is 1. The number of benzene rings is 2. The average Bonchev–Trinajstić information content (AvgIpc) is 2.77. The molecule has 0 aliphatic carbocycles. The molecule has 1 fully saturated rings. The van der Waals surface area contributed by atoms with Gasteiger partial charge in [-0.2, -0.15) is 0 Å². The van der Waals surface area contributed by atoms with Crippen molar-refractivity contribution in [2.24, 2.45) is 0 Å². The molecular weight excluding hydrogens is 396 g/mol. The number of piperazine rings is 1. The van der Waals surface area contributed by atoms with Gasteiger partial charge in [-0.25, -0.2) is 0 Å². The minimum atomic E-state index is -0.0284. The Morgan fingerprint density at radius 3 is 2.47 bits per heavy atom. The second-order valence-electron chi connectivity index (χ2n) is 7.67. The number of hydrogen-bond acceptors (Lipinski definition) is 4. The standard InChI is InChI=1S/C24H25ClN4O/c1-17-7-8-22(25)21(13-17)23(18-5-3-2-4-6-18)28-9-11-29(12-10-28)24(30)19-14-20(26)16-27-15-19/h2-8,13-16,23H,9-12,26H2,1H3. The van der Waals surface area contributed by atoms with E-state index in [4.69, 9.17) is 17.3 Å². The van der Waals surface area contributed by atoms with Crippen molar-refractivity contribution in [1.29, 1.82) is 0 Å². The first-order valence-electron chi connectivity index (χ1n) is 10.1. The molecule has 2 N–H and O–H groups in total. The van der Waals surface area contributed by atoms with Gasteiger partial charge >= 0.3 is 0 Å². The van der Waals surface area contributed by atoms with Crippen LogP contribution in [0.15, 0.2) is 67.0 Å². The maximum Gasteiger partial charge on any atom is 0.255 e. The van der Waals surface area contributed by atoms with Gasteiger partial charge in [0.25, 0.3) is 5.91 Å². The molecule has 4 rings (SSSR count). The van der Waals surface area contributed by atoms with E-state index in [1.807, 2.05) is 23.1 Å². The summed E-state index contributed by atoms with van der Waals surface area (Å²) in [7, 11) is 0. The van der Waals surface area contributed by atoms with Crippen molar-refractivity contribution in [3.63, 3.8) is 0 Å². The lowest BCUT2D eigenvalue weighted by molar-refractivity contribution is 0.0597. The summed E-state index contributed by atoms with van der Waals surface area (Å²) in [6, 6.07) is 18.3. The van der Waals surface area contributed by atoms with E-state index in [0.717, 1.165) is 23.7 Å². The Morgan fingerprint density at radius 1 is 1.03 bits per heavy atom. The van der Waals surface area contributed by atoms with Crippen LogP contribution in [0.1, 0.15) is 33.1 Å². The SMILES string of the molecule is Cc1ccc(Cl)c(C(c2ccccc2)N2CCN(C(=O)c3cncc(N)c3)CC2)c1. The van der Waals surface area contributed by atoms with Gasteiger partial charge in [-0.15, -0.1) is 0 Å². The van der Waals surface area contributed by atoms with Gasteiger partial charge in [0.05, 0.1) is 17.3 Å². The monoisotopic (exact) mass is 420 g/mol. The molecule has 5 nitrogen and oxygen atoms in total. The molecular formula is C24H25ClN4O. The van der Waals surface area contributed by atoms with Crippen LogP contribution in [0.3, 0.4) is 0 Å². The number of rotatable bonds is 4. The van der Waals surface area contributed by atoms with Crippen molar-refractivity contribution in [2.75, 3.05) is 31.9 Å². The number of aryl methyl sites for hydroxylation is 1. The third-order valence-electron chi connectivity index (χ3n) is 5.53. The first-order valence-corrected chi connectivity index (χ1v) is 10.5. The first kappa shape index (κ1) is 20.4. The summed E-state index contributed by atoms with van der Waals surface area (Å²) in [5.41, 5.74) is 10.3. The van der Waals surface area contributed by atoms with Crippen LogP contribution in [0.4, 0.5) is 5.69 Å². The minimum Gasteiger partial charge on any atom is -0.397 e. The molecule has 154 valence electrons. The van der Waals surface area contributed by atoms with Crippen LogP contribution in [0.2, 0.25) is 5.02 Å². The molecule has 2 aromatic carbocycles. The highest BCUT2D eigenvalue weighted by Gasteiger charge is 2.29. The Labute approximate surface area is 182 Å². The largest absolute Gasteiger partial charge is 0.397 e. The van der Waals surface area contributed by atoms with E-state index in [9.17, 15) is 4.79 Å². The summed E-state index contributed by atoms with van der Waals surface area (Å²) in [5, 5.41) is 0.763. The minimum absolute atomic E-state index is 0.0284. The van der Waals surface area contributed by atoms with Crippen LogP contribution in [0.5, 0.6) is 0 Å². The first-order chi connectivity index (χ1) is 14.5. The third-order valence-corrected chi connectivity index (χ3v) is 5.88. The molecule has 1 aromatic heterocycles. The molecule has 0 radical (unpaired) electrons. The lowest BCUT2D eigenvalue weighted by atomic mass is 9.95. The Hall–Kier alpha value is -2.89. The molecule has 1 unspecified atom stereocenters. The van der Waals surface area contributed by atoms with Gasteiger partial charge in [-0.3, -0.25) is 14.7 Å². The number of anilines is 1. The van der Waals surface area contributed by atoms with Crippen LogP contribution in [0.25, 0.3) is 0 Å². The molecule has 0 bridgehead atoms. The molecule has 30 heavy (non-hydrogen) atoms. The van der Waals surface area contributed by atoms with Crippen molar-refractivity contribution >= 4 is 23.2 Å². The van der Waals surface area contributed by atoms with E-state index in [2.05, 4.69) is 47.1 Å². The van der Waals surface area contributed by atoms with Gasteiger partial charge in [-0.1, -0.05) is 59.6 Å². The van der Waals surface area contributed by atoms with Gasteiger partial charge in [0.1, 0.15) is 0 Å². The summed E-state index contributed by atoms with van der Waals surface area (Å²) >= 11 is 6.62. The average molecular weight is 421 g/mol. The maximum atomic E-state index is 12.9. The number of pyridine rings is 1. The van der Waals surface area contributed by atoms with E-state index in [0.29, 0.717) is 24.3 Å². The molecule has 0 saturated carbocycles. The Morgan fingerprint density at radius 2 is 1.77 bits per heavy atom. The summed E-state index contributed by atoms with van der Waals surface area (Å²) in [4.78, 5) is 21.2. The highest BCUT2D eigenvalue weighted by atomic mass is 35.5. The van der Waals surface area contributed by atoms with Crippen LogP contribution in [-0.2, 0) is 0 Å². The quantitative estimate of drug-likeness (QED) is 0.688. The second kappa shape index (κ2) is 8.86. The zero-order valence-electron chi connectivity index (χ0n) is 17.0. The molecule has 1 aliphatic rings. The van der Waals surface area contributed by atoms with E-state index >= 15 is 0 Å². The fourth-order valence-corrected chi connectivity index (χ4v) is 4.26. The highest BCUT2D eigenvalue weighted by Crippen LogP contribution is 2.34. The Kier molecular flexibility index (Phi) is 6.02.